The highest BCUT2D eigenvalue weighted by atomic mass is 35.5. The topological polar surface area (TPSA) is 70.7 Å². The molecule has 3 rings (SSSR count). The number of benzene rings is 1. The van der Waals surface area contributed by atoms with E-state index in [1.54, 1.807) is 0 Å². The Labute approximate surface area is 154 Å². The summed E-state index contributed by atoms with van der Waals surface area (Å²) in [6.45, 7) is 1.68. The Morgan fingerprint density at radius 2 is 2.08 bits per heavy atom. The molecule has 10 heteroatoms. The molecule has 0 aromatic heterocycles. The summed E-state index contributed by atoms with van der Waals surface area (Å²) in [7, 11) is 0. The van der Waals surface area contributed by atoms with Gasteiger partial charge >= 0.3 is 6.36 Å². The Hall–Kier alpha value is -2.00. The van der Waals surface area contributed by atoms with Crippen LogP contribution in [0.15, 0.2) is 24.3 Å². The van der Waals surface area contributed by atoms with Crippen molar-refractivity contribution in [3.8, 4) is 5.75 Å². The average Bonchev–Trinajstić information content (AvgIpc) is 3.17. The van der Waals surface area contributed by atoms with Gasteiger partial charge in [0.25, 0.3) is 0 Å². The first-order chi connectivity index (χ1) is 11.8. The van der Waals surface area contributed by atoms with Crippen LogP contribution in [-0.4, -0.2) is 43.9 Å². The summed E-state index contributed by atoms with van der Waals surface area (Å²) in [4.78, 5) is 26.0. The maximum absolute atomic E-state index is 12.5. The molecule has 0 spiro atoms. The van der Waals surface area contributed by atoms with Gasteiger partial charge in [0.2, 0.25) is 11.8 Å². The molecule has 2 unspecified atom stereocenters. The fourth-order valence-corrected chi connectivity index (χ4v) is 3.09. The molecule has 0 bridgehead atoms. The van der Waals surface area contributed by atoms with Crippen LogP contribution in [0.5, 0.6) is 5.75 Å². The summed E-state index contributed by atoms with van der Waals surface area (Å²) in [5.41, 5.74) is 0.311. The van der Waals surface area contributed by atoms with Gasteiger partial charge in [-0.25, -0.2) is 0 Å². The molecule has 2 saturated heterocycles. The smallest absolute Gasteiger partial charge is 0.406 e. The lowest BCUT2D eigenvalue weighted by Gasteiger charge is -2.19. The van der Waals surface area contributed by atoms with Crippen molar-refractivity contribution in [3.63, 3.8) is 0 Å². The molecule has 0 aliphatic carbocycles. The number of carbonyl (C=O) groups excluding carboxylic acids is 2. The molecular weight excluding hydrogens is 375 g/mol. The zero-order chi connectivity index (χ0) is 18.0. The third kappa shape index (κ3) is 4.79. The second-order valence-electron chi connectivity index (χ2n) is 6.07. The number of alkyl halides is 3. The number of nitrogens with one attached hydrogen (secondary N) is 2. The molecule has 2 atom stereocenters. The number of ether oxygens (including phenoxy) is 1. The van der Waals surface area contributed by atoms with Crippen molar-refractivity contribution in [3.05, 3.63) is 24.3 Å². The Kier molecular flexibility index (Phi) is 6.35. The van der Waals surface area contributed by atoms with Crippen LogP contribution >= 0.6 is 12.4 Å². The number of rotatable bonds is 4. The second-order valence-corrected chi connectivity index (χ2v) is 6.07. The number of amides is 2. The van der Waals surface area contributed by atoms with Crippen LogP contribution in [0, 0.1) is 5.92 Å². The highest BCUT2D eigenvalue weighted by Crippen LogP contribution is 2.29. The minimum absolute atomic E-state index is 0. The van der Waals surface area contributed by atoms with E-state index in [1.165, 1.54) is 23.1 Å². The molecule has 0 saturated carbocycles. The summed E-state index contributed by atoms with van der Waals surface area (Å²) < 4.78 is 40.9. The van der Waals surface area contributed by atoms with Gasteiger partial charge in [-0.05, 0) is 31.5 Å². The molecule has 2 N–H and O–H groups in total. The van der Waals surface area contributed by atoms with Crippen molar-refractivity contribution in [1.82, 2.24) is 10.6 Å². The Morgan fingerprint density at radius 3 is 2.73 bits per heavy atom. The van der Waals surface area contributed by atoms with Gasteiger partial charge in [0.05, 0.1) is 5.92 Å². The van der Waals surface area contributed by atoms with Crippen molar-refractivity contribution >= 4 is 29.9 Å². The van der Waals surface area contributed by atoms with E-state index >= 15 is 0 Å². The standard InChI is InChI=1S/C16H18F3N3O3.ClH/c17-16(18,19)25-12-3-1-2-11(8-12)22-7-5-13(15(22)24)21-14(23)10-4-6-20-9-10;/h1-3,8,10,13,20H,4-7,9H2,(H,21,23);1H. The van der Waals surface area contributed by atoms with Crippen molar-refractivity contribution in [2.75, 3.05) is 24.5 Å². The van der Waals surface area contributed by atoms with Crippen molar-refractivity contribution < 1.29 is 27.5 Å². The Bertz CT molecular complexity index is 666. The Balaban J connectivity index is 0.00000243. The first-order valence-corrected chi connectivity index (χ1v) is 8.02. The average molecular weight is 394 g/mol. The van der Waals surface area contributed by atoms with Crippen molar-refractivity contribution in [2.45, 2.75) is 25.2 Å². The molecule has 2 aliphatic rings. The molecule has 2 heterocycles. The number of halogens is 4. The minimum atomic E-state index is -4.79. The van der Waals surface area contributed by atoms with E-state index in [1.807, 2.05) is 0 Å². The van der Waals surface area contributed by atoms with Gasteiger partial charge in [0.15, 0.2) is 0 Å². The van der Waals surface area contributed by atoms with E-state index in [2.05, 4.69) is 15.4 Å². The monoisotopic (exact) mass is 393 g/mol. The first-order valence-electron chi connectivity index (χ1n) is 8.02. The molecule has 2 amide bonds. The Morgan fingerprint density at radius 1 is 1.31 bits per heavy atom. The highest BCUT2D eigenvalue weighted by molar-refractivity contribution is 6.01. The van der Waals surface area contributed by atoms with Gasteiger partial charge in [-0.1, -0.05) is 6.07 Å². The van der Waals surface area contributed by atoms with Crippen LogP contribution in [0.3, 0.4) is 0 Å². The zero-order valence-corrected chi connectivity index (χ0v) is 14.5. The SMILES string of the molecule is Cl.O=C(NC1CCN(c2cccc(OC(F)(F)F)c2)C1=O)C1CCNC1. The zero-order valence-electron chi connectivity index (χ0n) is 13.7. The predicted molar refractivity (Wildman–Crippen MR) is 90.3 cm³/mol. The molecular formula is C16H19ClF3N3O3. The lowest BCUT2D eigenvalue weighted by molar-refractivity contribution is -0.274. The summed E-state index contributed by atoms with van der Waals surface area (Å²) in [5, 5.41) is 5.83. The highest BCUT2D eigenvalue weighted by Gasteiger charge is 2.36. The summed E-state index contributed by atoms with van der Waals surface area (Å²) in [5.74, 6) is -1.03. The van der Waals surface area contributed by atoms with Crippen molar-refractivity contribution in [1.29, 1.82) is 0 Å². The fraction of sp³-hybridized carbons (Fsp3) is 0.500. The van der Waals surface area contributed by atoms with E-state index in [0.717, 1.165) is 19.0 Å². The molecule has 1 aromatic rings. The van der Waals surface area contributed by atoms with Crippen LogP contribution in [0.1, 0.15) is 12.8 Å². The van der Waals surface area contributed by atoms with Crippen LogP contribution in [0.2, 0.25) is 0 Å². The predicted octanol–water partition coefficient (Wildman–Crippen LogP) is 1.84. The van der Waals surface area contributed by atoms with E-state index in [-0.39, 0.29) is 35.9 Å². The van der Waals surface area contributed by atoms with E-state index < -0.39 is 12.4 Å². The van der Waals surface area contributed by atoms with Gasteiger partial charge in [-0.3, -0.25) is 9.59 Å². The van der Waals surface area contributed by atoms with Gasteiger partial charge in [-0.2, -0.15) is 0 Å². The lowest BCUT2D eigenvalue weighted by Crippen LogP contribution is -2.44. The van der Waals surface area contributed by atoms with Gasteiger partial charge < -0.3 is 20.3 Å². The maximum atomic E-state index is 12.5. The summed E-state index contributed by atoms with van der Waals surface area (Å²) in [6.07, 6.45) is -3.65. The number of nitrogens with zero attached hydrogens (tertiary/aromatic N) is 1. The van der Waals surface area contributed by atoms with Crippen LogP contribution < -0.4 is 20.3 Å². The largest absolute Gasteiger partial charge is 0.573 e. The molecule has 1 aromatic carbocycles. The quantitative estimate of drug-likeness (QED) is 0.819. The van der Waals surface area contributed by atoms with E-state index in [0.29, 0.717) is 25.2 Å². The molecule has 2 fully saturated rings. The number of carbonyl (C=O) groups is 2. The molecule has 26 heavy (non-hydrogen) atoms. The first kappa shape index (κ1) is 20.3. The third-order valence-electron chi connectivity index (χ3n) is 4.32. The van der Waals surface area contributed by atoms with Gasteiger partial charge in [0.1, 0.15) is 11.8 Å². The third-order valence-corrected chi connectivity index (χ3v) is 4.32. The molecule has 0 radical (unpaired) electrons. The second kappa shape index (κ2) is 8.13. The van der Waals surface area contributed by atoms with E-state index in [9.17, 15) is 22.8 Å². The van der Waals surface area contributed by atoms with Crippen LogP contribution in [0.25, 0.3) is 0 Å². The summed E-state index contributed by atoms with van der Waals surface area (Å²) in [6, 6.07) is 4.60. The number of hydrogen-bond donors (Lipinski definition) is 2. The van der Waals surface area contributed by atoms with Crippen LogP contribution in [-0.2, 0) is 9.59 Å². The van der Waals surface area contributed by atoms with Gasteiger partial charge in [-0.15, -0.1) is 25.6 Å². The minimum Gasteiger partial charge on any atom is -0.406 e. The lowest BCUT2D eigenvalue weighted by atomic mass is 10.1. The van der Waals surface area contributed by atoms with E-state index in [4.69, 9.17) is 0 Å². The number of anilines is 1. The summed E-state index contributed by atoms with van der Waals surface area (Å²) >= 11 is 0. The number of hydrogen-bond acceptors (Lipinski definition) is 4. The van der Waals surface area contributed by atoms with Gasteiger partial charge in [0, 0.05) is 24.8 Å². The van der Waals surface area contributed by atoms with Crippen LogP contribution in [0.4, 0.5) is 18.9 Å². The normalized spacial score (nSPS) is 22.9. The maximum Gasteiger partial charge on any atom is 0.573 e. The molecule has 2 aliphatic heterocycles. The molecule has 6 nitrogen and oxygen atoms in total. The fourth-order valence-electron chi connectivity index (χ4n) is 3.09. The molecule has 144 valence electrons. The van der Waals surface area contributed by atoms with Crippen molar-refractivity contribution in [2.24, 2.45) is 5.92 Å².